The molecule has 2 rings (SSSR count). The van der Waals surface area contributed by atoms with Crippen LogP contribution >= 0.6 is 0 Å². The molecular formula is C59H112N28O13. The second kappa shape index (κ2) is 46.6. The maximum Gasteiger partial charge on any atom is 0.322 e. The Kier molecular flexibility index (Phi) is 40.3. The molecule has 100 heavy (non-hydrogen) atoms. The molecule has 566 valence electrons. The van der Waals surface area contributed by atoms with E-state index in [4.69, 9.17) is 74.5 Å². The average molecular weight is 1420 g/mol. The van der Waals surface area contributed by atoms with Crippen molar-refractivity contribution in [2.24, 2.45) is 99.5 Å². The lowest BCUT2D eigenvalue weighted by molar-refractivity contribution is -0.142. The number of carbonyl (C=O) groups is 11. The standard InChI is InChI=1S/C59H112N28O13/c1-33(88)43(62)52(99)87-31-13-21-41(87)51(98)84-40(20-12-30-77-58(71)72)50(97)86-59(22-4-5-23-59)53(100)85-39(19-11-29-76-57(69)70)49(96)83-38(18-10-28-75-56(67)68)48(95)82-37(17-9-27-74-55(65)66)47(94)81-36(15-3-7-25-61)46(93)80-35(14-2-6-24-60)45(92)79-34(16-8-26-73-54(63)64)44(91)78-32-42(89)90/h33-41,43,88H,2-32,60-62H2,1H3,(H,78,91)(H,79,92)(H,80,93)(H,81,94)(H,82,95)(H,83,96)(H,84,98)(H,85,100)(H,86,97)(H,89,90)(H4,63,64,73)(H4,65,66,74)(H4,67,68,75)(H4,69,70,76)(H4,71,72,77)/t33-,34+,35+,36+,37+,38+,39+,40+,41+,43+/m1/s1. The Morgan fingerprint density at radius 1 is 0.450 bits per heavy atom. The number of amides is 10. The fourth-order valence-electron chi connectivity index (χ4n) is 11.0. The normalized spacial score (nSPS) is 16.4. The summed E-state index contributed by atoms with van der Waals surface area (Å²) in [4.78, 5) is 176. The lowest BCUT2D eigenvalue weighted by atomic mass is 9.94. The van der Waals surface area contributed by atoms with Gasteiger partial charge in [-0.05, 0) is 148 Å². The van der Waals surface area contributed by atoms with Gasteiger partial charge >= 0.3 is 5.97 Å². The third kappa shape index (κ3) is 33.3. The number of hydrogen-bond acceptors (Lipinski definition) is 20. The molecule has 0 radical (unpaired) electrons. The fraction of sp³-hybridized carbons (Fsp3) is 0.729. The van der Waals surface area contributed by atoms with E-state index in [9.17, 15) is 63.0 Å². The number of aliphatic hydroxyl groups is 1. The van der Waals surface area contributed by atoms with E-state index in [1.165, 1.54) is 11.8 Å². The molecule has 0 spiro atoms. The molecule has 41 heteroatoms. The summed E-state index contributed by atoms with van der Waals surface area (Å²) in [5.74, 6) is -10.9. The third-order valence-corrected chi connectivity index (χ3v) is 16.4. The summed E-state index contributed by atoms with van der Waals surface area (Å²) in [6, 6.07) is -12.2. The van der Waals surface area contributed by atoms with Gasteiger partial charge < -0.3 is 138 Å². The molecule has 1 saturated carbocycles. The summed E-state index contributed by atoms with van der Waals surface area (Å²) < 4.78 is 0. The molecule has 1 aliphatic carbocycles. The molecule has 1 saturated heterocycles. The summed E-state index contributed by atoms with van der Waals surface area (Å²) in [6.07, 6.45) is 1.71. The number of carboxylic acids is 1. The quantitative estimate of drug-likeness (QED) is 0.0153. The number of carboxylic acid groups (broad SMARTS) is 1. The van der Waals surface area contributed by atoms with Gasteiger partial charge in [0, 0.05) is 39.3 Å². The Bertz CT molecular complexity index is 2820. The number of hydrogen-bond donors (Lipinski definition) is 24. The third-order valence-electron chi connectivity index (χ3n) is 16.4. The number of nitrogens with one attached hydrogen (secondary N) is 9. The molecule has 2 fully saturated rings. The van der Waals surface area contributed by atoms with E-state index in [2.05, 4.69) is 72.8 Å². The first-order chi connectivity index (χ1) is 47.4. The van der Waals surface area contributed by atoms with Crippen LogP contribution in [0, 0.1) is 0 Å². The Morgan fingerprint density at radius 3 is 1.09 bits per heavy atom. The van der Waals surface area contributed by atoms with Crippen molar-refractivity contribution in [2.45, 2.75) is 214 Å². The summed E-state index contributed by atoms with van der Waals surface area (Å²) >= 11 is 0. The molecule has 0 aromatic rings. The van der Waals surface area contributed by atoms with Crippen molar-refractivity contribution in [1.29, 1.82) is 0 Å². The second-order valence-corrected chi connectivity index (χ2v) is 24.6. The maximum atomic E-state index is 14.9. The molecule has 0 unspecified atom stereocenters. The summed E-state index contributed by atoms with van der Waals surface area (Å²) in [5.41, 5.74) is 71.6. The molecule has 1 aliphatic heterocycles. The van der Waals surface area contributed by atoms with E-state index < -0.39 is 138 Å². The largest absolute Gasteiger partial charge is 0.480 e. The molecule has 2 aliphatic rings. The minimum absolute atomic E-state index is 0.00572. The van der Waals surface area contributed by atoms with E-state index in [0.29, 0.717) is 38.5 Å². The monoisotopic (exact) mass is 1420 g/mol. The Labute approximate surface area is 581 Å². The highest BCUT2D eigenvalue weighted by Gasteiger charge is 2.46. The molecule has 0 bridgehead atoms. The van der Waals surface area contributed by atoms with Gasteiger partial charge in [0.25, 0.3) is 0 Å². The first-order valence-electron chi connectivity index (χ1n) is 33.7. The van der Waals surface area contributed by atoms with Crippen molar-refractivity contribution >= 4 is 94.8 Å². The van der Waals surface area contributed by atoms with Crippen LogP contribution in [0.2, 0.25) is 0 Å². The lowest BCUT2D eigenvalue weighted by Gasteiger charge is -2.34. The van der Waals surface area contributed by atoms with Gasteiger partial charge in [-0.15, -0.1) is 0 Å². The van der Waals surface area contributed by atoms with Crippen LogP contribution in [-0.4, -0.2) is 235 Å². The van der Waals surface area contributed by atoms with Crippen molar-refractivity contribution in [2.75, 3.05) is 58.9 Å². The van der Waals surface area contributed by atoms with Gasteiger partial charge in [0.05, 0.1) is 6.10 Å². The zero-order valence-electron chi connectivity index (χ0n) is 57.3. The number of carbonyl (C=O) groups excluding carboxylic acids is 10. The Morgan fingerprint density at radius 2 is 0.770 bits per heavy atom. The number of rotatable bonds is 49. The van der Waals surface area contributed by atoms with Gasteiger partial charge in [-0.3, -0.25) is 77.7 Å². The smallest absolute Gasteiger partial charge is 0.322 e. The molecule has 37 N–H and O–H groups in total. The number of aliphatic imine (C=N–C) groups is 5. The van der Waals surface area contributed by atoms with Crippen molar-refractivity contribution < 1.29 is 63.0 Å². The summed E-state index contributed by atoms with van der Waals surface area (Å²) in [5, 5.41) is 43.3. The highest BCUT2D eigenvalue weighted by atomic mass is 16.4. The van der Waals surface area contributed by atoms with Gasteiger partial charge in [-0.2, -0.15) is 0 Å². The number of nitrogens with zero attached hydrogens (tertiary/aromatic N) is 6. The first-order valence-corrected chi connectivity index (χ1v) is 33.7. The van der Waals surface area contributed by atoms with Gasteiger partial charge in [0.1, 0.15) is 66.5 Å². The Hall–Kier alpha value is -9.64. The van der Waals surface area contributed by atoms with Crippen LogP contribution < -0.4 is 122 Å². The predicted octanol–water partition coefficient (Wildman–Crippen LogP) is -9.77. The SMILES string of the molecule is C[C@@H](O)[C@H](N)C(=O)N1CCC[C@H]1C(=O)N[C@@H](CCCN=C(N)N)C(=O)NC1(C(=O)N[C@@H](CCCN=C(N)N)C(=O)N[C@@H](CCCN=C(N)N)C(=O)N[C@@H](CCCN=C(N)N)C(=O)N[C@@H](CCCCN)C(=O)N[C@@H](CCCCN)C(=O)N[C@@H](CCCN=C(N)N)C(=O)NCC(=O)O)CCCC1. The molecule has 0 aromatic heterocycles. The number of unbranched alkanes of at least 4 members (excludes halogenated alkanes) is 2. The van der Waals surface area contributed by atoms with Gasteiger partial charge in [-0.1, -0.05) is 12.8 Å². The number of guanidine groups is 5. The predicted molar refractivity (Wildman–Crippen MR) is 373 cm³/mol. The zero-order valence-corrected chi connectivity index (χ0v) is 57.3. The van der Waals surface area contributed by atoms with Crippen LogP contribution in [0.5, 0.6) is 0 Å². The van der Waals surface area contributed by atoms with E-state index in [1.54, 1.807) is 0 Å². The van der Waals surface area contributed by atoms with Crippen LogP contribution in [0.25, 0.3) is 0 Å². The van der Waals surface area contributed by atoms with Crippen molar-refractivity contribution in [3.05, 3.63) is 0 Å². The summed E-state index contributed by atoms with van der Waals surface area (Å²) in [6.45, 7) is 1.15. The zero-order chi connectivity index (χ0) is 74.9. The van der Waals surface area contributed by atoms with Crippen LogP contribution in [0.3, 0.4) is 0 Å². The number of nitrogens with two attached hydrogens (primary N) is 13. The second-order valence-electron chi connectivity index (χ2n) is 24.6. The highest BCUT2D eigenvalue weighted by molar-refractivity contribution is 6.00. The highest BCUT2D eigenvalue weighted by Crippen LogP contribution is 2.31. The first kappa shape index (κ1) is 86.4. The fourth-order valence-corrected chi connectivity index (χ4v) is 11.0. The Balaban J connectivity index is 2.66. The van der Waals surface area contributed by atoms with Crippen molar-refractivity contribution in [3.8, 4) is 0 Å². The van der Waals surface area contributed by atoms with E-state index in [0.717, 1.165) is 0 Å². The molecule has 10 atom stereocenters. The lowest BCUT2D eigenvalue weighted by Crippen LogP contribution is -2.64. The van der Waals surface area contributed by atoms with Crippen LogP contribution in [0.15, 0.2) is 25.0 Å². The number of likely N-dealkylation sites (tertiary alicyclic amines) is 1. The van der Waals surface area contributed by atoms with Crippen LogP contribution in [0.4, 0.5) is 0 Å². The van der Waals surface area contributed by atoms with Crippen molar-refractivity contribution in [1.82, 2.24) is 52.8 Å². The average Bonchev–Trinajstić information content (AvgIpc) is 1.58. The maximum absolute atomic E-state index is 14.9. The van der Waals surface area contributed by atoms with Gasteiger partial charge in [-0.25, -0.2) is 0 Å². The van der Waals surface area contributed by atoms with E-state index in [-0.39, 0.29) is 185 Å². The summed E-state index contributed by atoms with van der Waals surface area (Å²) in [7, 11) is 0. The molecule has 10 amide bonds. The minimum Gasteiger partial charge on any atom is -0.480 e. The van der Waals surface area contributed by atoms with E-state index >= 15 is 0 Å². The molecule has 0 aromatic carbocycles. The molecule has 1 heterocycles. The van der Waals surface area contributed by atoms with Crippen molar-refractivity contribution in [3.63, 3.8) is 0 Å². The van der Waals surface area contributed by atoms with Crippen LogP contribution in [-0.2, 0) is 52.7 Å². The molecule has 41 nitrogen and oxygen atoms in total. The van der Waals surface area contributed by atoms with Crippen LogP contribution in [0.1, 0.15) is 148 Å². The topological polar surface area (TPSA) is 740 Å². The van der Waals surface area contributed by atoms with Gasteiger partial charge in [0.15, 0.2) is 29.8 Å². The number of aliphatic carboxylic acids is 1. The van der Waals surface area contributed by atoms with E-state index in [1.807, 2.05) is 0 Å². The van der Waals surface area contributed by atoms with Gasteiger partial charge in [0.2, 0.25) is 59.1 Å². The molecular weight excluding hydrogens is 1310 g/mol. The number of aliphatic hydroxyl groups excluding tert-OH is 1. The minimum atomic E-state index is -1.67.